The Bertz CT molecular complexity index is 403. The first-order valence-corrected chi connectivity index (χ1v) is 7.19. The summed E-state index contributed by atoms with van der Waals surface area (Å²) in [6.45, 7) is 2.16. The Kier molecular flexibility index (Phi) is 2.58. The van der Waals surface area contributed by atoms with E-state index in [0.717, 1.165) is 38.5 Å². The van der Waals surface area contributed by atoms with E-state index >= 15 is 0 Å². The van der Waals surface area contributed by atoms with Crippen LogP contribution in [0.2, 0.25) is 0 Å². The lowest BCUT2D eigenvalue weighted by Gasteiger charge is -2.69. The minimum atomic E-state index is -0.346. The highest BCUT2D eigenvalue weighted by molar-refractivity contribution is 5.90. The van der Waals surface area contributed by atoms with E-state index in [9.17, 15) is 9.59 Å². The molecule has 0 radical (unpaired) electrons. The molecule has 0 aromatic heterocycles. The molecule has 4 atom stereocenters. The Balaban J connectivity index is 2.03. The lowest BCUT2D eigenvalue weighted by molar-refractivity contribution is -0.239. The van der Waals surface area contributed by atoms with Crippen LogP contribution in [-0.2, 0) is 14.3 Å². The fourth-order valence-electron chi connectivity index (χ4n) is 5.40. The first kappa shape index (κ1) is 12.2. The summed E-state index contributed by atoms with van der Waals surface area (Å²) in [5, 5.41) is 0. The normalized spacial score (nSPS) is 46.7. The van der Waals surface area contributed by atoms with Gasteiger partial charge in [-0.1, -0.05) is 19.8 Å². The van der Waals surface area contributed by atoms with E-state index in [2.05, 4.69) is 6.92 Å². The maximum Gasteiger partial charge on any atom is 0.312 e. The number of fused-ring (bicyclic) bond motifs is 4. The number of hydrogen-bond donors (Lipinski definition) is 0. The Morgan fingerprint density at radius 1 is 1.28 bits per heavy atom. The number of esters is 1. The lowest BCUT2D eigenvalue weighted by atomic mass is 9.32. The summed E-state index contributed by atoms with van der Waals surface area (Å²) in [7, 11) is 1.49. The van der Waals surface area contributed by atoms with E-state index in [4.69, 9.17) is 4.74 Å². The molecule has 0 aliphatic heterocycles. The Morgan fingerprint density at radius 3 is 2.78 bits per heavy atom. The third kappa shape index (κ3) is 1.16. The van der Waals surface area contributed by atoms with Crippen molar-refractivity contribution in [2.24, 2.45) is 22.7 Å². The quantitative estimate of drug-likeness (QED) is 0.672. The first-order valence-electron chi connectivity index (χ1n) is 7.19. The molecule has 0 aromatic carbocycles. The van der Waals surface area contributed by atoms with Gasteiger partial charge < -0.3 is 4.74 Å². The summed E-state index contributed by atoms with van der Waals surface area (Å²) in [5.74, 6) is 0.734. The minimum absolute atomic E-state index is 0.0550. The number of methoxy groups -OCH3 is 1. The van der Waals surface area contributed by atoms with Gasteiger partial charge in [0.25, 0.3) is 0 Å². The highest BCUT2D eigenvalue weighted by Crippen LogP contribution is 2.73. The van der Waals surface area contributed by atoms with Gasteiger partial charge in [-0.15, -0.1) is 0 Å². The number of Topliss-reactive ketones (excluding diaryl/α,β-unsaturated/α-hetero) is 1. The highest BCUT2D eigenvalue weighted by atomic mass is 16.5. The van der Waals surface area contributed by atoms with E-state index in [1.807, 2.05) is 0 Å². The van der Waals surface area contributed by atoms with Crippen molar-refractivity contribution in [1.29, 1.82) is 0 Å². The van der Waals surface area contributed by atoms with E-state index < -0.39 is 0 Å². The van der Waals surface area contributed by atoms with Gasteiger partial charge in [0.15, 0.2) is 0 Å². The van der Waals surface area contributed by atoms with E-state index in [1.54, 1.807) is 0 Å². The van der Waals surface area contributed by atoms with Crippen LogP contribution in [0.4, 0.5) is 0 Å². The molecule has 0 bridgehead atoms. The predicted molar refractivity (Wildman–Crippen MR) is 66.9 cm³/mol. The molecule has 3 heteroatoms. The van der Waals surface area contributed by atoms with Crippen molar-refractivity contribution in [2.45, 2.75) is 51.9 Å². The largest absolute Gasteiger partial charge is 0.469 e. The predicted octanol–water partition coefficient (Wildman–Crippen LogP) is 2.73. The Labute approximate surface area is 108 Å². The lowest BCUT2D eigenvalue weighted by Crippen LogP contribution is -2.71. The van der Waals surface area contributed by atoms with Crippen LogP contribution in [0.15, 0.2) is 0 Å². The topological polar surface area (TPSA) is 43.4 Å². The maximum absolute atomic E-state index is 12.4. The van der Waals surface area contributed by atoms with Gasteiger partial charge in [0, 0.05) is 12.3 Å². The standard InChI is InChI=1S/C15H22O3/c1-14-8-5-7-11(16)12(14)10-6-3-4-9-15(10,14)13(17)18-2/h10,12H,3-9H2,1-2H3/t10-,12-,14+,15-/m0/s1. The van der Waals surface area contributed by atoms with Gasteiger partial charge in [-0.05, 0) is 37.0 Å². The average Bonchev–Trinajstić information content (AvgIpc) is 2.36. The summed E-state index contributed by atoms with van der Waals surface area (Å²) in [5.41, 5.74) is -0.471. The molecule has 100 valence electrons. The summed E-state index contributed by atoms with van der Waals surface area (Å²) in [6.07, 6.45) is 6.87. The van der Waals surface area contributed by atoms with Gasteiger partial charge in [-0.3, -0.25) is 9.59 Å². The molecule has 3 aliphatic carbocycles. The van der Waals surface area contributed by atoms with Crippen molar-refractivity contribution >= 4 is 11.8 Å². The molecule has 3 nitrogen and oxygen atoms in total. The van der Waals surface area contributed by atoms with Crippen molar-refractivity contribution in [3.05, 3.63) is 0 Å². The zero-order chi connectivity index (χ0) is 13.0. The number of carbonyl (C=O) groups excluding carboxylic acids is 2. The van der Waals surface area contributed by atoms with Crippen molar-refractivity contribution in [1.82, 2.24) is 0 Å². The first-order chi connectivity index (χ1) is 8.58. The number of ketones is 1. The molecule has 3 saturated carbocycles. The smallest absolute Gasteiger partial charge is 0.312 e. The monoisotopic (exact) mass is 250 g/mol. The molecule has 0 saturated heterocycles. The maximum atomic E-state index is 12.4. The van der Waals surface area contributed by atoms with Gasteiger partial charge in [0.05, 0.1) is 12.5 Å². The Hall–Kier alpha value is -0.860. The van der Waals surface area contributed by atoms with Crippen LogP contribution in [0, 0.1) is 22.7 Å². The highest BCUT2D eigenvalue weighted by Gasteiger charge is 2.75. The molecule has 0 unspecified atom stereocenters. The zero-order valence-corrected chi connectivity index (χ0v) is 11.3. The van der Waals surface area contributed by atoms with Crippen LogP contribution in [0.5, 0.6) is 0 Å². The second-order valence-electron chi connectivity index (χ2n) is 6.53. The number of hydrogen-bond acceptors (Lipinski definition) is 3. The van der Waals surface area contributed by atoms with Gasteiger partial charge in [0.2, 0.25) is 0 Å². The summed E-state index contributed by atoms with van der Waals surface area (Å²) >= 11 is 0. The molecular weight excluding hydrogens is 228 g/mol. The van der Waals surface area contributed by atoms with Crippen molar-refractivity contribution < 1.29 is 14.3 Å². The van der Waals surface area contributed by atoms with Crippen LogP contribution in [-0.4, -0.2) is 18.9 Å². The van der Waals surface area contributed by atoms with Crippen LogP contribution in [0.1, 0.15) is 51.9 Å². The molecule has 0 aromatic rings. The third-order valence-corrected chi connectivity index (χ3v) is 6.09. The summed E-state index contributed by atoms with van der Waals surface area (Å²) < 4.78 is 5.11. The van der Waals surface area contributed by atoms with E-state index in [0.29, 0.717) is 12.2 Å². The SMILES string of the molecule is COC(=O)[C@]12CCCC[C@H]1[C@H]1C(=O)CCC[C@]12C. The number of carbonyl (C=O) groups is 2. The molecule has 18 heavy (non-hydrogen) atoms. The average molecular weight is 250 g/mol. The summed E-state index contributed by atoms with van der Waals surface area (Å²) in [6, 6.07) is 0. The van der Waals surface area contributed by atoms with Crippen LogP contribution in [0.25, 0.3) is 0 Å². The molecular formula is C15H22O3. The van der Waals surface area contributed by atoms with E-state index in [1.165, 1.54) is 7.11 Å². The third-order valence-electron chi connectivity index (χ3n) is 6.09. The molecule has 0 heterocycles. The van der Waals surface area contributed by atoms with Crippen LogP contribution >= 0.6 is 0 Å². The number of ether oxygens (including phenoxy) is 1. The van der Waals surface area contributed by atoms with Crippen LogP contribution in [0.3, 0.4) is 0 Å². The fraction of sp³-hybridized carbons (Fsp3) is 0.867. The molecule has 3 fully saturated rings. The zero-order valence-electron chi connectivity index (χ0n) is 11.3. The van der Waals surface area contributed by atoms with Crippen molar-refractivity contribution in [3.63, 3.8) is 0 Å². The molecule has 3 aliphatic rings. The second-order valence-corrected chi connectivity index (χ2v) is 6.53. The molecule has 0 spiro atoms. The van der Waals surface area contributed by atoms with Crippen molar-refractivity contribution in [2.75, 3.05) is 7.11 Å². The summed E-state index contributed by atoms with van der Waals surface area (Å²) in [4.78, 5) is 24.6. The van der Waals surface area contributed by atoms with E-state index in [-0.39, 0.29) is 28.6 Å². The number of rotatable bonds is 1. The minimum Gasteiger partial charge on any atom is -0.469 e. The van der Waals surface area contributed by atoms with Gasteiger partial charge >= 0.3 is 5.97 Å². The Morgan fingerprint density at radius 2 is 2.06 bits per heavy atom. The fourth-order valence-corrected chi connectivity index (χ4v) is 5.40. The second kappa shape index (κ2) is 3.82. The molecule has 3 rings (SSSR count). The van der Waals surface area contributed by atoms with Crippen molar-refractivity contribution in [3.8, 4) is 0 Å². The molecule has 0 amide bonds. The van der Waals surface area contributed by atoms with Gasteiger partial charge in [-0.25, -0.2) is 0 Å². The molecule has 0 N–H and O–H groups in total. The van der Waals surface area contributed by atoms with Gasteiger partial charge in [-0.2, -0.15) is 0 Å². The van der Waals surface area contributed by atoms with Crippen LogP contribution < -0.4 is 0 Å². The van der Waals surface area contributed by atoms with Gasteiger partial charge in [0.1, 0.15) is 5.78 Å².